The fourth-order valence-corrected chi connectivity index (χ4v) is 7.54. The van der Waals surface area contributed by atoms with Crippen LogP contribution in [0.5, 0.6) is 0 Å². The van der Waals surface area contributed by atoms with Crippen LogP contribution in [0.1, 0.15) is 36.0 Å². The van der Waals surface area contributed by atoms with Gasteiger partial charge in [-0.15, -0.1) is 0 Å². The van der Waals surface area contributed by atoms with Crippen molar-refractivity contribution in [3.8, 4) is 0 Å². The molecule has 0 radical (unpaired) electrons. The highest BCUT2D eigenvalue weighted by Gasteiger charge is 2.39. The lowest BCUT2D eigenvalue weighted by atomic mass is 10.1. The van der Waals surface area contributed by atoms with E-state index in [9.17, 15) is 22.8 Å². The van der Waals surface area contributed by atoms with Crippen molar-refractivity contribution in [2.45, 2.75) is 50.2 Å². The van der Waals surface area contributed by atoms with Crippen molar-refractivity contribution < 1.29 is 22.8 Å². The Hall–Kier alpha value is -2.64. The number of nitrogens with one attached hydrogen (secondary N) is 2. The zero-order valence-corrected chi connectivity index (χ0v) is 25.1. The second-order valence-electron chi connectivity index (χ2n) is 10.1. The Bertz CT molecular complexity index is 1340. The van der Waals surface area contributed by atoms with E-state index >= 15 is 0 Å². The smallest absolute Gasteiger partial charge is 0.243 e. The van der Waals surface area contributed by atoms with Crippen molar-refractivity contribution in [3.63, 3.8) is 0 Å². The zero-order valence-electron chi connectivity index (χ0n) is 22.8. The van der Waals surface area contributed by atoms with Gasteiger partial charge in [-0.1, -0.05) is 48.0 Å². The zero-order chi connectivity index (χ0) is 29.4. The molecule has 2 fully saturated rings. The van der Waals surface area contributed by atoms with E-state index in [0.717, 1.165) is 22.6 Å². The second-order valence-corrected chi connectivity index (χ2v) is 13.6. The number of thioether (sulfide) groups is 1. The molecular formula is C28H36ClN5O5S2. The van der Waals surface area contributed by atoms with Crippen molar-refractivity contribution in [3.05, 3.63) is 70.2 Å². The van der Waals surface area contributed by atoms with E-state index in [1.807, 2.05) is 0 Å². The first-order valence-electron chi connectivity index (χ1n) is 13.6. The number of nitrogens with zero attached hydrogens (tertiary/aromatic N) is 2. The van der Waals surface area contributed by atoms with E-state index in [-0.39, 0.29) is 43.6 Å². The van der Waals surface area contributed by atoms with Gasteiger partial charge in [-0.05, 0) is 41.7 Å². The van der Waals surface area contributed by atoms with Crippen molar-refractivity contribution in [2.75, 3.05) is 31.1 Å². The number of hydrogen-bond acceptors (Lipinski definition) is 7. The van der Waals surface area contributed by atoms with E-state index < -0.39 is 28.0 Å². The van der Waals surface area contributed by atoms with E-state index in [1.54, 1.807) is 65.2 Å². The third-order valence-corrected chi connectivity index (χ3v) is 9.78. The Kier molecular flexibility index (Phi) is 11.1. The summed E-state index contributed by atoms with van der Waals surface area (Å²) >= 11 is 7.87. The average Bonchev–Trinajstić information content (AvgIpc) is 3.46. The molecule has 2 saturated heterocycles. The number of carbonyl (C=O) groups is 3. The largest absolute Gasteiger partial charge is 0.350 e. The average molecular weight is 622 g/mol. The number of amides is 3. The molecule has 0 aromatic heterocycles. The highest BCUT2D eigenvalue weighted by Crippen LogP contribution is 2.22. The minimum Gasteiger partial charge on any atom is -0.350 e. The molecule has 0 saturated carbocycles. The molecule has 2 aromatic carbocycles. The molecule has 0 aliphatic carbocycles. The molecule has 2 aromatic rings. The maximum Gasteiger partial charge on any atom is 0.243 e. The molecule has 222 valence electrons. The molecule has 0 spiro atoms. The summed E-state index contributed by atoms with van der Waals surface area (Å²) in [5, 5.41) is 3.40. The Labute approximate surface area is 250 Å². The van der Waals surface area contributed by atoms with Gasteiger partial charge in [0.2, 0.25) is 27.7 Å². The number of carbonyl (C=O) groups excluding carboxylic acids is 3. The molecule has 0 bridgehead atoms. The number of hydrogen-bond donors (Lipinski definition) is 3. The molecular weight excluding hydrogens is 586 g/mol. The van der Waals surface area contributed by atoms with Crippen LogP contribution >= 0.6 is 23.4 Å². The molecule has 41 heavy (non-hydrogen) atoms. The summed E-state index contributed by atoms with van der Waals surface area (Å²) in [6.45, 7) is 1.84. The number of benzene rings is 2. The van der Waals surface area contributed by atoms with Gasteiger partial charge < -0.3 is 20.9 Å². The molecule has 2 aliphatic rings. The topological polar surface area (TPSA) is 142 Å². The summed E-state index contributed by atoms with van der Waals surface area (Å²) in [6.07, 6.45) is 0.693. The van der Waals surface area contributed by atoms with Gasteiger partial charge >= 0.3 is 0 Å². The summed E-state index contributed by atoms with van der Waals surface area (Å²) in [4.78, 5) is 43.3. The minimum atomic E-state index is -3.98. The quantitative estimate of drug-likeness (QED) is 0.348. The van der Waals surface area contributed by atoms with Crippen molar-refractivity contribution in [1.82, 2.24) is 19.8 Å². The van der Waals surface area contributed by atoms with Gasteiger partial charge in [0.05, 0.1) is 12.2 Å². The first-order valence-corrected chi connectivity index (χ1v) is 16.8. The fraction of sp³-hybridized carbons (Fsp3) is 0.464. The molecule has 13 heteroatoms. The third-order valence-electron chi connectivity index (χ3n) is 7.24. The summed E-state index contributed by atoms with van der Waals surface area (Å²) < 4.78 is 28.8. The summed E-state index contributed by atoms with van der Waals surface area (Å²) in [6, 6.07) is 11.8. The standard InChI is InChI=1S/C28H36ClN5O5S2/c29-23-9-8-21(17-30)22(15-23)18-31-27(36)25-7-4-10-34(25)28(37)24(16-26(35)33-11-13-40-14-12-33)32-41(38,39)19-20-5-2-1-3-6-20/h1-3,5-6,8-9,15,24-25,32H,4,7,10-14,16-19,30H2,(H,31,36)/t24?,25-/m0/s1. The van der Waals surface area contributed by atoms with E-state index in [4.69, 9.17) is 17.3 Å². The van der Waals surface area contributed by atoms with E-state index in [1.165, 1.54) is 4.90 Å². The lowest BCUT2D eigenvalue weighted by molar-refractivity contribution is -0.142. The summed E-state index contributed by atoms with van der Waals surface area (Å²) in [5.74, 6) is 0.0163. The van der Waals surface area contributed by atoms with Gasteiger partial charge in [-0.2, -0.15) is 11.8 Å². The molecule has 3 amide bonds. The Morgan fingerprint density at radius 3 is 2.49 bits per heavy atom. The minimum absolute atomic E-state index is 0.184. The number of sulfonamides is 1. The van der Waals surface area contributed by atoms with Crippen molar-refractivity contribution >= 4 is 51.1 Å². The normalized spacial score (nSPS) is 18.2. The summed E-state index contributed by atoms with van der Waals surface area (Å²) in [5.41, 5.74) is 8.00. The van der Waals surface area contributed by atoms with Crippen LogP contribution in [0, 0.1) is 0 Å². The van der Waals surface area contributed by atoms with Crippen LogP contribution < -0.4 is 15.8 Å². The Morgan fingerprint density at radius 2 is 1.78 bits per heavy atom. The molecule has 2 aliphatic heterocycles. The SMILES string of the molecule is NCc1ccc(Cl)cc1CNC(=O)[C@@H]1CCCN1C(=O)C(CC(=O)N1CCSCC1)NS(=O)(=O)Cc1ccccc1. The van der Waals surface area contributed by atoms with Crippen LogP contribution in [0.3, 0.4) is 0 Å². The number of likely N-dealkylation sites (tertiary alicyclic amines) is 1. The van der Waals surface area contributed by atoms with E-state index in [2.05, 4.69) is 10.0 Å². The third kappa shape index (κ3) is 8.68. The van der Waals surface area contributed by atoms with Crippen LogP contribution in [0.25, 0.3) is 0 Å². The van der Waals surface area contributed by atoms with Crippen LogP contribution in [-0.4, -0.2) is 79.2 Å². The van der Waals surface area contributed by atoms with Gasteiger partial charge in [0, 0.05) is 49.3 Å². The van der Waals surface area contributed by atoms with Crippen molar-refractivity contribution in [2.24, 2.45) is 5.73 Å². The number of rotatable bonds is 11. The monoisotopic (exact) mass is 621 g/mol. The predicted octanol–water partition coefficient (Wildman–Crippen LogP) is 1.86. The fourth-order valence-electron chi connectivity index (χ4n) is 5.11. The molecule has 10 nitrogen and oxygen atoms in total. The summed E-state index contributed by atoms with van der Waals surface area (Å²) in [7, 11) is -3.98. The van der Waals surface area contributed by atoms with Gasteiger partial charge in [0.1, 0.15) is 12.1 Å². The molecule has 4 rings (SSSR count). The molecule has 4 N–H and O–H groups in total. The Balaban J connectivity index is 1.49. The number of halogens is 1. The highest BCUT2D eigenvalue weighted by atomic mass is 35.5. The van der Waals surface area contributed by atoms with Crippen molar-refractivity contribution in [1.29, 1.82) is 0 Å². The lowest BCUT2D eigenvalue weighted by Gasteiger charge is -2.31. The van der Waals surface area contributed by atoms with Crippen LogP contribution in [-0.2, 0) is 43.2 Å². The van der Waals surface area contributed by atoms with Gasteiger partial charge in [0.25, 0.3) is 0 Å². The Morgan fingerprint density at radius 1 is 1.05 bits per heavy atom. The first kappa shape index (κ1) is 31.3. The molecule has 2 atom stereocenters. The van der Waals surface area contributed by atoms with E-state index in [0.29, 0.717) is 36.5 Å². The van der Waals surface area contributed by atoms with Crippen LogP contribution in [0.4, 0.5) is 0 Å². The first-order chi connectivity index (χ1) is 19.7. The maximum absolute atomic E-state index is 13.8. The van der Waals surface area contributed by atoms with Gasteiger partial charge in [0.15, 0.2) is 0 Å². The van der Waals surface area contributed by atoms with Gasteiger partial charge in [-0.25, -0.2) is 13.1 Å². The predicted molar refractivity (Wildman–Crippen MR) is 160 cm³/mol. The van der Waals surface area contributed by atoms with Crippen LogP contribution in [0.2, 0.25) is 5.02 Å². The second kappa shape index (κ2) is 14.5. The molecule has 2 heterocycles. The maximum atomic E-state index is 13.8. The van der Waals surface area contributed by atoms with Gasteiger partial charge in [-0.3, -0.25) is 14.4 Å². The highest BCUT2D eigenvalue weighted by molar-refractivity contribution is 7.99. The molecule has 1 unspecified atom stereocenters. The van der Waals surface area contributed by atoms with Crippen LogP contribution in [0.15, 0.2) is 48.5 Å². The number of nitrogens with two attached hydrogens (primary N) is 1. The lowest BCUT2D eigenvalue weighted by Crippen LogP contribution is -2.55.